The summed E-state index contributed by atoms with van der Waals surface area (Å²) in [4.78, 5) is 1.99. The molecular formula is C15H11FN2. The van der Waals surface area contributed by atoms with Gasteiger partial charge in [0.2, 0.25) is 0 Å². The average molecular weight is 238 g/mol. The molecule has 0 atom stereocenters. The van der Waals surface area contributed by atoms with Gasteiger partial charge in [-0.05, 0) is 29.3 Å². The molecule has 3 rings (SSSR count). The second-order valence-electron chi connectivity index (χ2n) is 4.40. The van der Waals surface area contributed by atoms with E-state index in [4.69, 9.17) is 5.26 Å². The van der Waals surface area contributed by atoms with E-state index in [1.165, 1.54) is 17.2 Å². The summed E-state index contributed by atoms with van der Waals surface area (Å²) in [7, 11) is 0. The monoisotopic (exact) mass is 238 g/mol. The van der Waals surface area contributed by atoms with E-state index < -0.39 is 0 Å². The maximum atomic E-state index is 13.9. The Labute approximate surface area is 105 Å². The van der Waals surface area contributed by atoms with Gasteiger partial charge in [-0.1, -0.05) is 24.3 Å². The molecule has 0 aliphatic carbocycles. The first-order valence-electron chi connectivity index (χ1n) is 5.79. The van der Waals surface area contributed by atoms with Crippen LogP contribution in [0.2, 0.25) is 0 Å². The minimum absolute atomic E-state index is 0.332. The van der Waals surface area contributed by atoms with Crippen LogP contribution in [0.25, 0.3) is 0 Å². The Kier molecular flexibility index (Phi) is 2.49. The van der Waals surface area contributed by atoms with Crippen LogP contribution in [0, 0.1) is 17.1 Å². The lowest BCUT2D eigenvalue weighted by Gasteiger charge is -2.18. The van der Waals surface area contributed by atoms with Crippen molar-refractivity contribution in [2.75, 3.05) is 4.90 Å². The molecule has 0 N–H and O–H groups in total. The Hall–Kier alpha value is -2.34. The van der Waals surface area contributed by atoms with Crippen molar-refractivity contribution in [2.24, 2.45) is 0 Å². The number of nitrogens with zero attached hydrogens (tertiary/aromatic N) is 2. The highest BCUT2D eigenvalue weighted by molar-refractivity contribution is 5.54. The van der Waals surface area contributed by atoms with E-state index in [0.29, 0.717) is 11.3 Å². The van der Waals surface area contributed by atoms with Gasteiger partial charge in [-0.2, -0.15) is 5.26 Å². The molecule has 2 nitrogen and oxygen atoms in total. The van der Waals surface area contributed by atoms with E-state index in [9.17, 15) is 4.39 Å². The maximum absolute atomic E-state index is 13.9. The third-order valence-electron chi connectivity index (χ3n) is 3.26. The third-order valence-corrected chi connectivity index (χ3v) is 3.26. The molecule has 2 aromatic carbocycles. The Morgan fingerprint density at radius 1 is 1.06 bits per heavy atom. The van der Waals surface area contributed by atoms with Crippen LogP contribution >= 0.6 is 0 Å². The van der Waals surface area contributed by atoms with Crippen molar-refractivity contribution in [3.8, 4) is 6.07 Å². The summed E-state index contributed by atoms with van der Waals surface area (Å²) in [6.45, 7) is 1.44. The van der Waals surface area contributed by atoms with Gasteiger partial charge >= 0.3 is 0 Å². The van der Waals surface area contributed by atoms with E-state index in [0.717, 1.165) is 13.1 Å². The first kappa shape index (κ1) is 10.8. The van der Waals surface area contributed by atoms with Crippen LogP contribution in [0.5, 0.6) is 0 Å². The highest BCUT2D eigenvalue weighted by Crippen LogP contribution is 2.30. The summed E-state index contributed by atoms with van der Waals surface area (Å²) in [5, 5.41) is 8.73. The van der Waals surface area contributed by atoms with Crippen molar-refractivity contribution in [2.45, 2.75) is 13.1 Å². The molecule has 0 amide bonds. The van der Waals surface area contributed by atoms with E-state index in [1.807, 2.05) is 23.1 Å². The van der Waals surface area contributed by atoms with E-state index >= 15 is 0 Å². The smallest absolute Gasteiger partial charge is 0.147 e. The number of hydrogen-bond donors (Lipinski definition) is 0. The van der Waals surface area contributed by atoms with E-state index in [2.05, 4.69) is 12.1 Å². The SMILES string of the molecule is N#Cc1ccc(N2Cc3ccccc3C2)c(F)c1. The minimum Gasteiger partial charge on any atom is -0.360 e. The normalized spacial score (nSPS) is 13.2. The van der Waals surface area contributed by atoms with Crippen molar-refractivity contribution in [3.05, 3.63) is 65.0 Å². The van der Waals surface area contributed by atoms with Crippen LogP contribution in [0.4, 0.5) is 10.1 Å². The summed E-state index contributed by atoms with van der Waals surface area (Å²) >= 11 is 0. The van der Waals surface area contributed by atoms with E-state index in [-0.39, 0.29) is 5.82 Å². The van der Waals surface area contributed by atoms with Gasteiger partial charge in [-0.15, -0.1) is 0 Å². The topological polar surface area (TPSA) is 27.0 Å². The van der Waals surface area contributed by atoms with Gasteiger partial charge in [-0.25, -0.2) is 4.39 Å². The number of anilines is 1. The molecule has 0 radical (unpaired) electrons. The molecule has 1 aliphatic rings. The van der Waals surface area contributed by atoms with Crippen LogP contribution < -0.4 is 4.90 Å². The molecule has 18 heavy (non-hydrogen) atoms. The lowest BCUT2D eigenvalue weighted by atomic mass is 10.1. The molecule has 0 aromatic heterocycles. The minimum atomic E-state index is -0.332. The molecule has 1 aliphatic heterocycles. The van der Waals surface area contributed by atoms with E-state index in [1.54, 1.807) is 12.1 Å². The van der Waals surface area contributed by atoms with Gasteiger partial charge < -0.3 is 4.90 Å². The Morgan fingerprint density at radius 2 is 1.72 bits per heavy atom. The Balaban J connectivity index is 1.93. The second kappa shape index (κ2) is 4.15. The van der Waals surface area contributed by atoms with Crippen LogP contribution in [0.15, 0.2) is 42.5 Å². The number of hydrogen-bond acceptors (Lipinski definition) is 2. The number of benzene rings is 2. The quantitative estimate of drug-likeness (QED) is 0.762. The lowest BCUT2D eigenvalue weighted by Crippen LogP contribution is -2.15. The van der Waals surface area contributed by atoms with Gasteiger partial charge in [0, 0.05) is 13.1 Å². The zero-order valence-corrected chi connectivity index (χ0v) is 9.73. The molecule has 1 heterocycles. The predicted molar refractivity (Wildman–Crippen MR) is 67.4 cm³/mol. The van der Waals surface area contributed by atoms with Crippen molar-refractivity contribution in [1.29, 1.82) is 5.26 Å². The zero-order chi connectivity index (χ0) is 12.5. The van der Waals surface area contributed by atoms with Gasteiger partial charge in [0.05, 0.1) is 17.3 Å². The summed E-state index contributed by atoms with van der Waals surface area (Å²) in [6, 6.07) is 14.7. The second-order valence-corrected chi connectivity index (χ2v) is 4.40. The largest absolute Gasteiger partial charge is 0.360 e. The lowest BCUT2D eigenvalue weighted by molar-refractivity contribution is 0.619. The van der Waals surface area contributed by atoms with Crippen LogP contribution in [-0.2, 0) is 13.1 Å². The molecule has 0 spiro atoms. The summed E-state index contributed by atoms with van der Waals surface area (Å²) < 4.78 is 13.9. The maximum Gasteiger partial charge on any atom is 0.147 e. The summed E-state index contributed by atoms with van der Waals surface area (Å²) in [5.74, 6) is -0.332. The van der Waals surface area contributed by atoms with Crippen molar-refractivity contribution >= 4 is 5.69 Å². The molecule has 0 bridgehead atoms. The molecule has 3 heteroatoms. The van der Waals surface area contributed by atoms with Gasteiger partial charge in [0.25, 0.3) is 0 Å². The van der Waals surface area contributed by atoms with Crippen molar-refractivity contribution in [3.63, 3.8) is 0 Å². The van der Waals surface area contributed by atoms with Crippen molar-refractivity contribution in [1.82, 2.24) is 0 Å². The highest BCUT2D eigenvalue weighted by Gasteiger charge is 2.20. The number of fused-ring (bicyclic) bond motifs is 1. The molecule has 0 unspecified atom stereocenters. The van der Waals surface area contributed by atoms with Crippen molar-refractivity contribution < 1.29 is 4.39 Å². The highest BCUT2D eigenvalue weighted by atomic mass is 19.1. The fourth-order valence-corrected chi connectivity index (χ4v) is 2.34. The summed E-state index contributed by atoms with van der Waals surface area (Å²) in [5.41, 5.74) is 3.39. The summed E-state index contributed by atoms with van der Waals surface area (Å²) in [6.07, 6.45) is 0. The number of nitriles is 1. The first-order chi connectivity index (χ1) is 8.78. The molecule has 2 aromatic rings. The molecular weight excluding hydrogens is 227 g/mol. The third kappa shape index (κ3) is 1.72. The zero-order valence-electron chi connectivity index (χ0n) is 9.73. The Bertz CT molecular complexity index is 618. The number of rotatable bonds is 1. The fourth-order valence-electron chi connectivity index (χ4n) is 2.34. The van der Waals surface area contributed by atoms with Gasteiger partial charge in [0.1, 0.15) is 5.82 Å². The van der Waals surface area contributed by atoms with Crippen LogP contribution in [0.1, 0.15) is 16.7 Å². The average Bonchev–Trinajstić information content (AvgIpc) is 2.81. The predicted octanol–water partition coefficient (Wildman–Crippen LogP) is 3.22. The molecule has 0 saturated heterocycles. The molecule has 88 valence electrons. The van der Waals surface area contributed by atoms with Gasteiger partial charge in [0.15, 0.2) is 0 Å². The Morgan fingerprint density at radius 3 is 2.28 bits per heavy atom. The fraction of sp³-hybridized carbons (Fsp3) is 0.133. The number of halogens is 1. The first-order valence-corrected chi connectivity index (χ1v) is 5.79. The standard InChI is InChI=1S/C15H11FN2/c16-14-7-11(8-17)5-6-15(14)18-9-12-3-1-2-4-13(12)10-18/h1-7H,9-10H2. The van der Waals surface area contributed by atoms with Crippen LogP contribution in [0.3, 0.4) is 0 Å². The molecule has 0 saturated carbocycles. The van der Waals surface area contributed by atoms with Crippen LogP contribution in [-0.4, -0.2) is 0 Å². The van der Waals surface area contributed by atoms with Gasteiger partial charge in [-0.3, -0.25) is 0 Å². The molecule has 0 fully saturated rings.